The number of amides is 1. The summed E-state index contributed by atoms with van der Waals surface area (Å²) in [7, 11) is 0. The van der Waals surface area contributed by atoms with Crippen LogP contribution in [0.4, 0.5) is 0 Å². The van der Waals surface area contributed by atoms with Crippen molar-refractivity contribution in [3.05, 3.63) is 17.5 Å². The largest absolute Gasteiger partial charge is 0.365 e. The Morgan fingerprint density at radius 2 is 2.46 bits per heavy atom. The molecule has 1 aromatic rings. The lowest BCUT2D eigenvalue weighted by Gasteiger charge is -1.95. The van der Waals surface area contributed by atoms with E-state index in [0.29, 0.717) is 5.56 Å². The third-order valence-electron chi connectivity index (χ3n) is 2.35. The molecule has 1 fully saturated rings. The standard InChI is InChI=1S/C9H13N3O/c1-6-8(9(10)13)5-12(11-6)4-7-2-3-7/h5,7H,2-4H2,1H3,(H2,10,13). The second-order valence-corrected chi connectivity index (χ2v) is 3.66. The third-order valence-corrected chi connectivity index (χ3v) is 2.35. The number of carbonyl (C=O) groups excluding carboxylic acids is 1. The fourth-order valence-corrected chi connectivity index (χ4v) is 1.42. The van der Waals surface area contributed by atoms with Crippen molar-refractivity contribution in [2.24, 2.45) is 11.7 Å². The molecule has 2 N–H and O–H groups in total. The molecule has 0 spiro atoms. The summed E-state index contributed by atoms with van der Waals surface area (Å²) in [5.41, 5.74) is 6.45. The molecule has 1 aliphatic carbocycles. The second kappa shape index (κ2) is 2.87. The van der Waals surface area contributed by atoms with Crippen LogP contribution in [0.2, 0.25) is 0 Å². The van der Waals surface area contributed by atoms with E-state index in [1.807, 2.05) is 11.6 Å². The van der Waals surface area contributed by atoms with Gasteiger partial charge in [0.2, 0.25) is 0 Å². The van der Waals surface area contributed by atoms with E-state index < -0.39 is 0 Å². The zero-order valence-corrected chi connectivity index (χ0v) is 7.66. The summed E-state index contributed by atoms with van der Waals surface area (Å²) in [6.45, 7) is 2.73. The van der Waals surface area contributed by atoms with Crippen LogP contribution in [0.5, 0.6) is 0 Å². The molecule has 1 amide bonds. The SMILES string of the molecule is Cc1nn(CC2CC2)cc1C(N)=O. The van der Waals surface area contributed by atoms with E-state index in [9.17, 15) is 4.79 Å². The first-order valence-corrected chi connectivity index (χ1v) is 4.50. The Kier molecular flexibility index (Phi) is 1.83. The van der Waals surface area contributed by atoms with Crippen molar-refractivity contribution in [3.8, 4) is 0 Å². The average molecular weight is 179 g/mol. The molecule has 0 bridgehead atoms. The zero-order valence-electron chi connectivity index (χ0n) is 7.66. The smallest absolute Gasteiger partial charge is 0.252 e. The summed E-state index contributed by atoms with van der Waals surface area (Å²) in [6.07, 6.45) is 4.31. The maximum atomic E-state index is 10.9. The number of aromatic nitrogens is 2. The molecule has 0 unspecified atom stereocenters. The molecule has 4 heteroatoms. The van der Waals surface area contributed by atoms with Gasteiger partial charge in [-0.3, -0.25) is 9.48 Å². The van der Waals surface area contributed by atoms with Gasteiger partial charge in [0, 0.05) is 12.7 Å². The number of nitrogens with two attached hydrogens (primary N) is 1. The van der Waals surface area contributed by atoms with Crippen molar-refractivity contribution >= 4 is 5.91 Å². The minimum absolute atomic E-state index is 0.389. The van der Waals surface area contributed by atoms with Gasteiger partial charge in [0.05, 0.1) is 11.3 Å². The molecule has 4 nitrogen and oxygen atoms in total. The average Bonchev–Trinajstić information content (AvgIpc) is 2.75. The minimum Gasteiger partial charge on any atom is -0.365 e. The maximum Gasteiger partial charge on any atom is 0.252 e. The van der Waals surface area contributed by atoms with Gasteiger partial charge in [-0.15, -0.1) is 0 Å². The lowest BCUT2D eigenvalue weighted by molar-refractivity contribution is 0.0999. The highest BCUT2D eigenvalue weighted by atomic mass is 16.1. The first-order chi connectivity index (χ1) is 6.16. The van der Waals surface area contributed by atoms with Gasteiger partial charge in [0.1, 0.15) is 0 Å². The van der Waals surface area contributed by atoms with Gasteiger partial charge < -0.3 is 5.73 Å². The molecule has 0 atom stereocenters. The van der Waals surface area contributed by atoms with Gasteiger partial charge >= 0.3 is 0 Å². The number of hydrogen-bond acceptors (Lipinski definition) is 2. The molecule has 13 heavy (non-hydrogen) atoms. The van der Waals surface area contributed by atoms with E-state index in [4.69, 9.17) is 5.73 Å². The quantitative estimate of drug-likeness (QED) is 0.742. The van der Waals surface area contributed by atoms with E-state index in [0.717, 1.165) is 18.2 Å². The van der Waals surface area contributed by atoms with Crippen molar-refractivity contribution in [1.82, 2.24) is 9.78 Å². The Morgan fingerprint density at radius 3 is 2.92 bits per heavy atom. The molecule has 0 aliphatic heterocycles. The van der Waals surface area contributed by atoms with E-state index >= 15 is 0 Å². The molecule has 1 heterocycles. The highest BCUT2D eigenvalue weighted by Gasteiger charge is 2.22. The highest BCUT2D eigenvalue weighted by Crippen LogP contribution is 2.30. The molecule has 1 aliphatic rings. The first-order valence-electron chi connectivity index (χ1n) is 4.50. The van der Waals surface area contributed by atoms with Crippen LogP contribution >= 0.6 is 0 Å². The van der Waals surface area contributed by atoms with Crippen LogP contribution in [0.25, 0.3) is 0 Å². The van der Waals surface area contributed by atoms with Crippen molar-refractivity contribution in [2.45, 2.75) is 26.3 Å². The van der Waals surface area contributed by atoms with Crippen LogP contribution in [0, 0.1) is 12.8 Å². The Morgan fingerprint density at radius 1 is 1.77 bits per heavy atom. The number of rotatable bonds is 3. The molecular weight excluding hydrogens is 166 g/mol. The molecule has 1 saturated carbocycles. The summed E-state index contributed by atoms with van der Waals surface area (Å²) in [6, 6.07) is 0. The summed E-state index contributed by atoms with van der Waals surface area (Å²) < 4.78 is 1.83. The van der Waals surface area contributed by atoms with Crippen molar-refractivity contribution in [3.63, 3.8) is 0 Å². The van der Waals surface area contributed by atoms with Gasteiger partial charge in [-0.05, 0) is 25.7 Å². The van der Waals surface area contributed by atoms with E-state index in [1.165, 1.54) is 12.8 Å². The Bertz CT molecular complexity index is 339. The highest BCUT2D eigenvalue weighted by molar-refractivity contribution is 5.93. The fourth-order valence-electron chi connectivity index (χ4n) is 1.42. The van der Waals surface area contributed by atoms with Crippen LogP contribution in [0.3, 0.4) is 0 Å². The lowest BCUT2D eigenvalue weighted by Crippen LogP contribution is -2.11. The number of primary amides is 1. The van der Waals surface area contributed by atoms with Crippen molar-refractivity contribution < 1.29 is 4.79 Å². The van der Waals surface area contributed by atoms with Crippen LogP contribution in [0.1, 0.15) is 28.9 Å². The number of aryl methyl sites for hydroxylation is 1. The molecule has 1 aromatic heterocycles. The predicted octanol–water partition coefficient (Wildman–Crippen LogP) is 0.700. The maximum absolute atomic E-state index is 10.9. The third kappa shape index (κ3) is 1.71. The number of nitrogens with zero attached hydrogens (tertiary/aromatic N) is 2. The van der Waals surface area contributed by atoms with Crippen LogP contribution < -0.4 is 5.73 Å². The molecule has 70 valence electrons. The van der Waals surface area contributed by atoms with Crippen LogP contribution in [-0.4, -0.2) is 15.7 Å². The second-order valence-electron chi connectivity index (χ2n) is 3.66. The molecular formula is C9H13N3O. The predicted molar refractivity (Wildman–Crippen MR) is 48.2 cm³/mol. The molecule has 0 aromatic carbocycles. The van der Waals surface area contributed by atoms with Gasteiger partial charge in [-0.1, -0.05) is 0 Å². The number of carbonyl (C=O) groups is 1. The topological polar surface area (TPSA) is 60.9 Å². The summed E-state index contributed by atoms with van der Waals surface area (Å²) >= 11 is 0. The van der Waals surface area contributed by atoms with Crippen molar-refractivity contribution in [1.29, 1.82) is 0 Å². The van der Waals surface area contributed by atoms with E-state index in [-0.39, 0.29) is 5.91 Å². The minimum atomic E-state index is -0.389. The monoisotopic (exact) mass is 179 g/mol. The van der Waals surface area contributed by atoms with Crippen LogP contribution in [0.15, 0.2) is 6.20 Å². The van der Waals surface area contributed by atoms with E-state index in [2.05, 4.69) is 5.10 Å². The molecule has 0 radical (unpaired) electrons. The number of hydrogen-bond donors (Lipinski definition) is 1. The molecule has 0 saturated heterocycles. The normalized spacial score (nSPS) is 16.1. The summed E-state index contributed by atoms with van der Waals surface area (Å²) in [5, 5.41) is 4.23. The Balaban J connectivity index is 2.18. The summed E-state index contributed by atoms with van der Waals surface area (Å²) in [5.74, 6) is 0.375. The zero-order chi connectivity index (χ0) is 9.42. The summed E-state index contributed by atoms with van der Waals surface area (Å²) in [4.78, 5) is 10.9. The van der Waals surface area contributed by atoms with Gasteiger partial charge in [0.25, 0.3) is 5.91 Å². The van der Waals surface area contributed by atoms with Crippen molar-refractivity contribution in [2.75, 3.05) is 0 Å². The van der Waals surface area contributed by atoms with Gasteiger partial charge in [0.15, 0.2) is 0 Å². The Hall–Kier alpha value is -1.32. The first kappa shape index (κ1) is 8.29. The molecule has 2 rings (SSSR count). The van der Waals surface area contributed by atoms with Gasteiger partial charge in [-0.2, -0.15) is 5.10 Å². The lowest BCUT2D eigenvalue weighted by atomic mass is 10.2. The van der Waals surface area contributed by atoms with Crippen LogP contribution in [-0.2, 0) is 6.54 Å². The fraction of sp³-hybridized carbons (Fsp3) is 0.556. The van der Waals surface area contributed by atoms with Gasteiger partial charge in [-0.25, -0.2) is 0 Å². The Labute approximate surface area is 76.7 Å². The van der Waals surface area contributed by atoms with E-state index in [1.54, 1.807) is 6.20 Å².